The van der Waals surface area contributed by atoms with E-state index in [4.69, 9.17) is 18.5 Å². The Hall–Kier alpha value is -2.07. The molecule has 0 atom stereocenters. The maximum Gasteiger partial charge on any atom is 0.360 e. The molecule has 0 unspecified atom stereocenters. The van der Waals surface area contributed by atoms with Crippen LogP contribution in [-0.2, 0) is 13.6 Å². The molecule has 2 rings (SSSR count). The van der Waals surface area contributed by atoms with Crippen molar-refractivity contribution in [3.8, 4) is 11.5 Å². The highest BCUT2D eigenvalue weighted by Crippen LogP contribution is 2.49. The van der Waals surface area contributed by atoms with E-state index in [2.05, 4.69) is 0 Å². The minimum absolute atomic E-state index is 0.0180. The van der Waals surface area contributed by atoms with E-state index in [1.807, 2.05) is 36.4 Å². The average molecular weight is 320 g/mol. The van der Waals surface area contributed by atoms with E-state index in [1.165, 1.54) is 20.0 Å². The van der Waals surface area contributed by atoms with Gasteiger partial charge >= 0.3 is 7.60 Å². The number of hydrogen-bond acceptors (Lipinski definition) is 5. The first kappa shape index (κ1) is 16.3. The molecule has 0 aliphatic rings. The molecule has 0 aliphatic heterocycles. The molecule has 0 bridgehead atoms. The quantitative estimate of drug-likeness (QED) is 0.558. The molecule has 0 aliphatic carbocycles. The van der Waals surface area contributed by atoms with Gasteiger partial charge in [0.25, 0.3) is 5.95 Å². The molecule has 0 saturated heterocycles. The standard InChI is InChI=1S/C16H17O5P/c1-18-22(17,19-2)13-16(20-14-9-5-3-6-10-14)21-15-11-7-4-8-12-15/h3-13H,1-2H3. The van der Waals surface area contributed by atoms with Gasteiger partial charge in [-0.1, -0.05) is 36.4 Å². The summed E-state index contributed by atoms with van der Waals surface area (Å²) in [7, 11) is -0.833. The van der Waals surface area contributed by atoms with Gasteiger partial charge in [-0.3, -0.25) is 4.57 Å². The number of hydrogen-bond donors (Lipinski definition) is 0. The predicted octanol–water partition coefficient (Wildman–Crippen LogP) is 4.43. The zero-order chi connectivity index (χ0) is 15.8. The Morgan fingerprint density at radius 1 is 0.818 bits per heavy atom. The molecule has 6 heteroatoms. The molecule has 5 nitrogen and oxygen atoms in total. The Morgan fingerprint density at radius 3 is 1.59 bits per heavy atom. The van der Waals surface area contributed by atoms with Gasteiger partial charge in [0, 0.05) is 14.2 Å². The second kappa shape index (κ2) is 7.80. The van der Waals surface area contributed by atoms with Crippen LogP contribution in [0.15, 0.2) is 72.4 Å². The summed E-state index contributed by atoms with van der Waals surface area (Å²) in [4.78, 5) is 0. The highest BCUT2D eigenvalue weighted by Gasteiger charge is 2.21. The monoisotopic (exact) mass is 320 g/mol. The summed E-state index contributed by atoms with van der Waals surface area (Å²) in [5, 5.41) is 0. The highest BCUT2D eigenvalue weighted by atomic mass is 31.2. The fraction of sp³-hybridized carbons (Fsp3) is 0.125. The van der Waals surface area contributed by atoms with Crippen LogP contribution in [0.1, 0.15) is 0 Å². The molecule has 0 fully saturated rings. The smallest absolute Gasteiger partial charge is 0.360 e. The van der Waals surface area contributed by atoms with Gasteiger partial charge in [-0.05, 0) is 24.3 Å². The van der Waals surface area contributed by atoms with Crippen molar-refractivity contribution < 1.29 is 23.1 Å². The SMILES string of the molecule is COP(=O)(C=C(Oc1ccccc1)Oc1ccccc1)OC. The molecule has 22 heavy (non-hydrogen) atoms. The summed E-state index contributed by atoms with van der Waals surface area (Å²) in [6.07, 6.45) is 0. The van der Waals surface area contributed by atoms with E-state index in [1.54, 1.807) is 24.3 Å². The summed E-state index contributed by atoms with van der Waals surface area (Å²) < 4.78 is 33.3. The summed E-state index contributed by atoms with van der Waals surface area (Å²) in [5.41, 5.74) is 0. The predicted molar refractivity (Wildman–Crippen MR) is 83.8 cm³/mol. The third kappa shape index (κ3) is 4.74. The zero-order valence-electron chi connectivity index (χ0n) is 12.3. The second-order valence-electron chi connectivity index (χ2n) is 4.18. The van der Waals surface area contributed by atoms with Crippen molar-refractivity contribution in [3.05, 3.63) is 72.4 Å². The Bertz CT molecular complexity index is 603. The molecule has 0 spiro atoms. The largest absolute Gasteiger partial charge is 0.426 e. The summed E-state index contributed by atoms with van der Waals surface area (Å²) in [6, 6.07) is 18.0. The van der Waals surface area contributed by atoms with Gasteiger partial charge in [-0.25, -0.2) is 0 Å². The van der Waals surface area contributed by atoms with Crippen LogP contribution >= 0.6 is 7.60 Å². The van der Waals surface area contributed by atoms with Gasteiger partial charge in [0.15, 0.2) is 0 Å². The van der Waals surface area contributed by atoms with Crippen LogP contribution in [0, 0.1) is 0 Å². The topological polar surface area (TPSA) is 54.0 Å². The fourth-order valence-electron chi connectivity index (χ4n) is 1.59. The van der Waals surface area contributed by atoms with Crippen LogP contribution in [0.2, 0.25) is 0 Å². The number of rotatable bonds is 7. The molecule has 116 valence electrons. The molecule has 0 amide bonds. The maximum atomic E-state index is 12.3. The lowest BCUT2D eigenvalue weighted by Gasteiger charge is -2.14. The van der Waals surface area contributed by atoms with Gasteiger partial charge in [0.2, 0.25) is 0 Å². The van der Waals surface area contributed by atoms with E-state index in [-0.39, 0.29) is 5.95 Å². The van der Waals surface area contributed by atoms with Crippen LogP contribution in [0.4, 0.5) is 0 Å². The van der Waals surface area contributed by atoms with Gasteiger partial charge in [0.1, 0.15) is 17.3 Å². The summed E-state index contributed by atoms with van der Waals surface area (Å²) in [6.45, 7) is 0. The van der Waals surface area contributed by atoms with Crippen molar-refractivity contribution >= 4 is 7.60 Å². The molecular formula is C16H17O5P. The second-order valence-corrected chi connectivity index (χ2v) is 6.25. The van der Waals surface area contributed by atoms with Gasteiger partial charge in [-0.15, -0.1) is 0 Å². The van der Waals surface area contributed by atoms with Crippen LogP contribution in [0.5, 0.6) is 11.5 Å². The van der Waals surface area contributed by atoms with E-state index < -0.39 is 7.60 Å². The molecule has 0 saturated carbocycles. The third-order valence-electron chi connectivity index (χ3n) is 2.70. The van der Waals surface area contributed by atoms with Gasteiger partial charge in [-0.2, -0.15) is 0 Å². The number of para-hydroxylation sites is 2. The van der Waals surface area contributed by atoms with Crippen molar-refractivity contribution in [1.82, 2.24) is 0 Å². The molecule has 0 radical (unpaired) electrons. The van der Waals surface area contributed by atoms with Crippen LogP contribution < -0.4 is 9.47 Å². The van der Waals surface area contributed by atoms with Crippen molar-refractivity contribution in [2.75, 3.05) is 14.2 Å². The number of benzene rings is 2. The highest BCUT2D eigenvalue weighted by molar-refractivity contribution is 7.57. The first-order chi connectivity index (χ1) is 10.6. The molecular weight excluding hydrogens is 303 g/mol. The van der Waals surface area contributed by atoms with E-state index in [0.29, 0.717) is 11.5 Å². The third-order valence-corrected chi connectivity index (χ3v) is 4.24. The Labute approximate surface area is 129 Å². The van der Waals surface area contributed by atoms with Crippen LogP contribution in [0.25, 0.3) is 0 Å². The molecule has 0 N–H and O–H groups in total. The van der Waals surface area contributed by atoms with Crippen LogP contribution in [0.3, 0.4) is 0 Å². The molecule has 2 aromatic carbocycles. The fourth-order valence-corrected chi connectivity index (χ4v) is 2.32. The Kier molecular flexibility index (Phi) is 5.78. The van der Waals surface area contributed by atoms with E-state index in [9.17, 15) is 4.57 Å². The lowest BCUT2D eigenvalue weighted by molar-refractivity contribution is 0.222. The Morgan fingerprint density at radius 2 is 1.23 bits per heavy atom. The maximum absolute atomic E-state index is 12.3. The zero-order valence-corrected chi connectivity index (χ0v) is 13.2. The molecule has 0 heterocycles. The normalized spacial score (nSPS) is 10.8. The minimum atomic E-state index is -3.42. The van der Waals surface area contributed by atoms with Crippen molar-refractivity contribution in [1.29, 1.82) is 0 Å². The lowest BCUT2D eigenvalue weighted by Crippen LogP contribution is -2.04. The molecule has 0 aromatic heterocycles. The summed E-state index contributed by atoms with van der Waals surface area (Å²) in [5.74, 6) is 2.31. The first-order valence-electron chi connectivity index (χ1n) is 6.55. The average Bonchev–Trinajstić information content (AvgIpc) is 2.56. The Balaban J connectivity index is 2.28. The van der Waals surface area contributed by atoms with Gasteiger partial charge in [0.05, 0.1) is 0 Å². The minimum Gasteiger partial charge on any atom is -0.426 e. The lowest BCUT2D eigenvalue weighted by atomic mass is 10.3. The van der Waals surface area contributed by atoms with E-state index in [0.717, 1.165) is 0 Å². The van der Waals surface area contributed by atoms with Crippen molar-refractivity contribution in [3.63, 3.8) is 0 Å². The van der Waals surface area contributed by atoms with Gasteiger partial charge < -0.3 is 18.5 Å². The van der Waals surface area contributed by atoms with E-state index >= 15 is 0 Å². The number of ether oxygens (including phenoxy) is 2. The van der Waals surface area contributed by atoms with Crippen molar-refractivity contribution in [2.24, 2.45) is 0 Å². The molecule has 2 aromatic rings. The van der Waals surface area contributed by atoms with Crippen molar-refractivity contribution in [2.45, 2.75) is 0 Å². The summed E-state index contributed by atoms with van der Waals surface area (Å²) >= 11 is 0. The first-order valence-corrected chi connectivity index (χ1v) is 8.16. The van der Waals surface area contributed by atoms with Crippen LogP contribution in [-0.4, -0.2) is 14.2 Å².